The predicted octanol–water partition coefficient (Wildman–Crippen LogP) is 2.17. The molecule has 5 rings (SSSR count). The summed E-state index contributed by atoms with van der Waals surface area (Å²) in [6, 6.07) is 9.30. The molecule has 4 aromatic rings. The van der Waals surface area contributed by atoms with Gasteiger partial charge in [0.25, 0.3) is 11.8 Å². The van der Waals surface area contributed by atoms with Gasteiger partial charge in [-0.3, -0.25) is 19.4 Å². The van der Waals surface area contributed by atoms with Crippen molar-refractivity contribution in [2.24, 2.45) is 0 Å². The number of carbonyl (C=O) groups excluding carboxylic acids is 3. The standard InChI is InChI=1S/C17H13N5O4.C8H12N2/c23-6-10-5-18-15-14(10)20-8-21-16(15)17(25)19-4-9-1-2-12-11(3-9)22-13(24)7-26-12;1-10(2)7-8-4-3-5-9-6-8/h1-3,5-6,8,18H,4,7H2,(H,19,25)(H,22,24);3-6H,7H2,1-2H3. The Morgan fingerprint density at radius 1 is 1.22 bits per heavy atom. The van der Waals surface area contributed by atoms with Crippen LogP contribution in [0.2, 0.25) is 0 Å². The van der Waals surface area contributed by atoms with Gasteiger partial charge in [0.05, 0.1) is 16.8 Å². The minimum Gasteiger partial charge on any atom is -0.482 e. The Kier molecular flexibility index (Phi) is 7.61. The minimum atomic E-state index is -0.408. The summed E-state index contributed by atoms with van der Waals surface area (Å²) in [5.41, 5.74) is 3.92. The van der Waals surface area contributed by atoms with E-state index in [1.54, 1.807) is 24.4 Å². The number of carbonyl (C=O) groups is 3. The molecule has 0 aliphatic carbocycles. The smallest absolute Gasteiger partial charge is 0.272 e. The molecular weight excluding hydrogens is 462 g/mol. The van der Waals surface area contributed by atoms with Crippen LogP contribution in [0.4, 0.5) is 5.69 Å². The first kappa shape index (κ1) is 24.5. The lowest BCUT2D eigenvalue weighted by atomic mass is 10.1. The largest absolute Gasteiger partial charge is 0.482 e. The number of ether oxygens (including phenoxy) is 1. The van der Waals surface area contributed by atoms with E-state index in [9.17, 15) is 14.4 Å². The number of nitrogens with zero attached hydrogens (tertiary/aromatic N) is 4. The highest BCUT2D eigenvalue weighted by atomic mass is 16.5. The van der Waals surface area contributed by atoms with Gasteiger partial charge in [0.2, 0.25) is 0 Å². The lowest BCUT2D eigenvalue weighted by Gasteiger charge is -2.18. The van der Waals surface area contributed by atoms with Crippen molar-refractivity contribution in [3.63, 3.8) is 0 Å². The van der Waals surface area contributed by atoms with E-state index in [0.29, 0.717) is 34.3 Å². The molecule has 4 heterocycles. The van der Waals surface area contributed by atoms with E-state index < -0.39 is 5.91 Å². The van der Waals surface area contributed by atoms with Crippen molar-refractivity contribution in [2.75, 3.05) is 26.0 Å². The van der Waals surface area contributed by atoms with E-state index in [2.05, 4.69) is 41.5 Å². The Morgan fingerprint density at radius 2 is 2.08 bits per heavy atom. The molecule has 0 radical (unpaired) electrons. The van der Waals surface area contributed by atoms with Crippen LogP contribution in [0.1, 0.15) is 32.0 Å². The van der Waals surface area contributed by atoms with Crippen molar-refractivity contribution in [1.82, 2.24) is 30.2 Å². The number of benzene rings is 1. The van der Waals surface area contributed by atoms with Crippen LogP contribution < -0.4 is 15.4 Å². The van der Waals surface area contributed by atoms with Gasteiger partial charge >= 0.3 is 0 Å². The highest BCUT2D eigenvalue weighted by Crippen LogP contribution is 2.28. The van der Waals surface area contributed by atoms with Crippen molar-refractivity contribution in [3.8, 4) is 5.75 Å². The second-order valence-corrected chi connectivity index (χ2v) is 8.26. The molecule has 36 heavy (non-hydrogen) atoms. The molecule has 0 bridgehead atoms. The first-order chi connectivity index (χ1) is 17.4. The Balaban J connectivity index is 0.000000256. The molecule has 11 nitrogen and oxygen atoms in total. The third-order valence-electron chi connectivity index (χ3n) is 5.19. The highest BCUT2D eigenvalue weighted by molar-refractivity contribution is 6.06. The lowest BCUT2D eigenvalue weighted by molar-refractivity contribution is -0.118. The van der Waals surface area contributed by atoms with E-state index in [1.807, 2.05) is 26.4 Å². The topological polar surface area (TPSA) is 142 Å². The molecule has 0 atom stereocenters. The summed E-state index contributed by atoms with van der Waals surface area (Å²) in [6.45, 7) is 1.19. The Labute approximate surface area is 206 Å². The fourth-order valence-corrected chi connectivity index (χ4v) is 3.58. The van der Waals surface area contributed by atoms with Gasteiger partial charge in [0, 0.05) is 31.7 Å². The van der Waals surface area contributed by atoms with E-state index in [0.717, 1.165) is 12.1 Å². The molecule has 3 aromatic heterocycles. The lowest BCUT2D eigenvalue weighted by Crippen LogP contribution is -2.26. The van der Waals surface area contributed by atoms with E-state index in [-0.39, 0.29) is 24.8 Å². The van der Waals surface area contributed by atoms with Crippen molar-refractivity contribution >= 4 is 34.8 Å². The van der Waals surface area contributed by atoms with E-state index in [1.165, 1.54) is 18.1 Å². The van der Waals surface area contributed by atoms with Gasteiger partial charge in [-0.25, -0.2) is 9.97 Å². The number of hydrogen-bond donors (Lipinski definition) is 3. The summed E-state index contributed by atoms with van der Waals surface area (Å²) in [6.07, 6.45) is 7.06. The molecule has 3 N–H and O–H groups in total. The van der Waals surface area contributed by atoms with Crippen LogP contribution in [0.15, 0.2) is 55.2 Å². The van der Waals surface area contributed by atoms with Gasteiger partial charge < -0.3 is 25.3 Å². The van der Waals surface area contributed by atoms with Crippen molar-refractivity contribution in [3.05, 3.63) is 77.6 Å². The molecule has 11 heteroatoms. The number of aromatic amines is 1. The number of anilines is 1. The molecule has 0 saturated heterocycles. The monoisotopic (exact) mass is 487 g/mol. The number of hydrogen-bond acceptors (Lipinski definition) is 8. The zero-order valence-corrected chi connectivity index (χ0v) is 19.8. The summed E-state index contributed by atoms with van der Waals surface area (Å²) in [5.74, 6) is -0.0422. The van der Waals surface area contributed by atoms with Crippen LogP contribution in [0.25, 0.3) is 11.0 Å². The molecule has 1 aromatic carbocycles. The Bertz CT molecular complexity index is 1390. The SMILES string of the molecule is CN(C)Cc1cccnc1.O=Cc1c[nH]c2c(C(=O)NCc3ccc4c(c3)NC(=O)CO4)ncnc12. The fraction of sp³-hybridized carbons (Fsp3) is 0.200. The second-order valence-electron chi connectivity index (χ2n) is 8.26. The summed E-state index contributed by atoms with van der Waals surface area (Å²) in [5, 5.41) is 5.48. The number of pyridine rings is 1. The third kappa shape index (κ3) is 5.88. The molecule has 0 fully saturated rings. The average molecular weight is 488 g/mol. The van der Waals surface area contributed by atoms with Crippen molar-refractivity contribution in [2.45, 2.75) is 13.1 Å². The van der Waals surface area contributed by atoms with Gasteiger partial charge in [-0.2, -0.15) is 0 Å². The van der Waals surface area contributed by atoms with Crippen LogP contribution in [-0.2, 0) is 17.9 Å². The van der Waals surface area contributed by atoms with Crippen LogP contribution >= 0.6 is 0 Å². The second kappa shape index (κ2) is 11.2. The third-order valence-corrected chi connectivity index (χ3v) is 5.19. The van der Waals surface area contributed by atoms with Crippen LogP contribution in [0, 0.1) is 0 Å². The van der Waals surface area contributed by atoms with Crippen molar-refractivity contribution < 1.29 is 19.1 Å². The normalized spacial score (nSPS) is 12.1. The van der Waals surface area contributed by atoms with Gasteiger partial charge in [-0.15, -0.1) is 0 Å². The maximum Gasteiger partial charge on any atom is 0.272 e. The average Bonchev–Trinajstić information content (AvgIpc) is 3.31. The molecule has 0 saturated carbocycles. The van der Waals surface area contributed by atoms with Gasteiger partial charge in [-0.05, 0) is 43.4 Å². The molecule has 0 spiro atoms. The van der Waals surface area contributed by atoms with Crippen LogP contribution in [0.5, 0.6) is 5.75 Å². The molecule has 1 aliphatic heterocycles. The summed E-state index contributed by atoms with van der Waals surface area (Å²) in [4.78, 5) is 51.9. The summed E-state index contributed by atoms with van der Waals surface area (Å²) in [7, 11) is 4.10. The molecule has 2 amide bonds. The van der Waals surface area contributed by atoms with Crippen molar-refractivity contribution in [1.29, 1.82) is 0 Å². The van der Waals surface area contributed by atoms with Gasteiger partial charge in [0.1, 0.15) is 17.6 Å². The zero-order valence-electron chi connectivity index (χ0n) is 19.8. The quantitative estimate of drug-likeness (QED) is 0.351. The summed E-state index contributed by atoms with van der Waals surface area (Å²) < 4.78 is 5.30. The van der Waals surface area contributed by atoms with E-state index >= 15 is 0 Å². The zero-order chi connectivity index (χ0) is 25.5. The summed E-state index contributed by atoms with van der Waals surface area (Å²) >= 11 is 0. The molecule has 184 valence electrons. The number of aromatic nitrogens is 4. The number of aldehydes is 1. The number of nitrogens with one attached hydrogen (secondary N) is 3. The van der Waals surface area contributed by atoms with Gasteiger partial charge in [0.15, 0.2) is 18.6 Å². The fourth-order valence-electron chi connectivity index (χ4n) is 3.58. The maximum absolute atomic E-state index is 12.5. The maximum atomic E-state index is 12.5. The number of fused-ring (bicyclic) bond motifs is 2. The number of amides is 2. The molecule has 0 unspecified atom stereocenters. The highest BCUT2D eigenvalue weighted by Gasteiger charge is 2.18. The first-order valence-electron chi connectivity index (χ1n) is 11.1. The number of rotatable bonds is 6. The van der Waals surface area contributed by atoms with Crippen LogP contribution in [0.3, 0.4) is 0 Å². The number of H-pyrrole nitrogens is 1. The Hall–Kier alpha value is -4.64. The first-order valence-corrected chi connectivity index (χ1v) is 11.1. The Morgan fingerprint density at radius 3 is 2.83 bits per heavy atom. The van der Waals surface area contributed by atoms with Gasteiger partial charge in [-0.1, -0.05) is 12.1 Å². The van der Waals surface area contributed by atoms with E-state index in [4.69, 9.17) is 4.74 Å². The minimum absolute atomic E-state index is 0.00822. The molecular formula is C25H25N7O4. The molecule has 1 aliphatic rings. The van der Waals surface area contributed by atoms with Crippen LogP contribution in [-0.4, -0.2) is 63.6 Å². The predicted molar refractivity (Wildman–Crippen MR) is 133 cm³/mol.